The van der Waals surface area contributed by atoms with Gasteiger partial charge < -0.3 is 20.3 Å². The molecule has 7 atom stereocenters. The van der Waals surface area contributed by atoms with Crippen LogP contribution in [0.3, 0.4) is 0 Å². The summed E-state index contributed by atoms with van der Waals surface area (Å²) in [6, 6.07) is 0.615. The van der Waals surface area contributed by atoms with Crippen LogP contribution in [0, 0.1) is 24.2 Å². The van der Waals surface area contributed by atoms with Crippen molar-refractivity contribution in [2.75, 3.05) is 0 Å². The molecule has 3 heterocycles. The second kappa shape index (κ2) is 11.0. The van der Waals surface area contributed by atoms with Crippen molar-refractivity contribution >= 4 is 29.2 Å². The molecule has 2 fully saturated rings. The van der Waals surface area contributed by atoms with E-state index in [1.807, 2.05) is 32.2 Å². The minimum absolute atomic E-state index is 0.0264. The average Bonchev–Trinajstić information content (AvgIpc) is 3.38. The second-order valence-electron chi connectivity index (χ2n) is 10.8. The van der Waals surface area contributed by atoms with Crippen LogP contribution in [0.4, 0.5) is 0 Å². The summed E-state index contributed by atoms with van der Waals surface area (Å²) in [6.07, 6.45) is 2.64. The highest BCUT2D eigenvalue weighted by molar-refractivity contribution is 7.09. The van der Waals surface area contributed by atoms with Crippen molar-refractivity contribution in [1.29, 1.82) is 0 Å². The van der Waals surface area contributed by atoms with Gasteiger partial charge in [0.15, 0.2) is 0 Å². The molecule has 190 valence electrons. The van der Waals surface area contributed by atoms with Crippen LogP contribution in [0.25, 0.3) is 6.08 Å². The molecular weight excluding hydrogens is 452 g/mol. The molecule has 0 spiro atoms. The molecule has 0 radical (unpaired) electrons. The Labute approximate surface area is 207 Å². The predicted octanol–water partition coefficient (Wildman–Crippen LogP) is 3.66. The molecule has 0 amide bonds. The first kappa shape index (κ1) is 27.0. The third-order valence-corrected chi connectivity index (χ3v) is 8.37. The number of aliphatic hydroxyl groups is 2. The SMILES string of the molecule is C/C(=C\c1csc(C)n1)C1C[C@@H]2NC2CCCC(C)[C@H](O)[C@@H](C)C(=O)C(C)(C)C(O)CC(=O)O1. The fourth-order valence-electron chi connectivity index (χ4n) is 4.92. The zero-order valence-corrected chi connectivity index (χ0v) is 22.0. The van der Waals surface area contributed by atoms with E-state index in [4.69, 9.17) is 4.74 Å². The Morgan fingerprint density at radius 2 is 1.94 bits per heavy atom. The van der Waals surface area contributed by atoms with Crippen LogP contribution in [-0.4, -0.2) is 57.3 Å². The van der Waals surface area contributed by atoms with E-state index in [0.717, 1.165) is 35.5 Å². The highest BCUT2D eigenvalue weighted by Crippen LogP contribution is 2.33. The number of ether oxygens (including phenoxy) is 1. The lowest BCUT2D eigenvalue weighted by molar-refractivity contribution is -0.154. The third kappa shape index (κ3) is 6.53. The van der Waals surface area contributed by atoms with Gasteiger partial charge in [0.05, 0.1) is 34.7 Å². The summed E-state index contributed by atoms with van der Waals surface area (Å²) in [5, 5.41) is 28.1. The quantitative estimate of drug-likeness (QED) is 0.426. The summed E-state index contributed by atoms with van der Waals surface area (Å²) in [5.74, 6) is -1.43. The summed E-state index contributed by atoms with van der Waals surface area (Å²) in [4.78, 5) is 30.5. The highest BCUT2D eigenvalue weighted by Gasteiger charge is 2.43. The van der Waals surface area contributed by atoms with E-state index < -0.39 is 35.6 Å². The van der Waals surface area contributed by atoms with Gasteiger partial charge in [0.1, 0.15) is 11.9 Å². The van der Waals surface area contributed by atoms with Crippen molar-refractivity contribution in [2.24, 2.45) is 17.3 Å². The van der Waals surface area contributed by atoms with Crippen molar-refractivity contribution in [3.05, 3.63) is 21.7 Å². The average molecular weight is 493 g/mol. The Balaban J connectivity index is 1.81. The Hall–Kier alpha value is -1.61. The zero-order valence-electron chi connectivity index (χ0n) is 21.2. The van der Waals surface area contributed by atoms with Gasteiger partial charge in [-0.3, -0.25) is 9.59 Å². The molecule has 8 heteroatoms. The number of aryl methyl sites for hydroxylation is 1. The van der Waals surface area contributed by atoms with Crippen LogP contribution in [0.15, 0.2) is 11.0 Å². The summed E-state index contributed by atoms with van der Waals surface area (Å²) < 4.78 is 5.86. The third-order valence-electron chi connectivity index (χ3n) is 7.58. The first-order valence-corrected chi connectivity index (χ1v) is 13.2. The maximum Gasteiger partial charge on any atom is 0.309 e. The molecule has 3 rings (SSSR count). The largest absolute Gasteiger partial charge is 0.458 e. The number of thiazole rings is 1. The first-order chi connectivity index (χ1) is 15.9. The standard InChI is InChI=1S/C26H40N2O5S/c1-14-8-7-9-19-20(28-19)11-21(15(2)10-18-13-34-17(4)27-18)33-23(30)12-22(29)26(5,6)25(32)16(3)24(14)31/h10,13-14,16,19-22,24,28-29,31H,7-9,11-12H2,1-6H3/b15-10+/t14?,16-,19?,20+,21?,22?,24+/m1/s1. The van der Waals surface area contributed by atoms with Gasteiger partial charge in [-0.1, -0.05) is 34.1 Å². The molecule has 4 unspecified atom stereocenters. The maximum atomic E-state index is 13.2. The van der Waals surface area contributed by atoms with Gasteiger partial charge in [0.25, 0.3) is 0 Å². The molecule has 0 bridgehead atoms. The molecule has 0 aromatic carbocycles. The van der Waals surface area contributed by atoms with Crippen LogP contribution in [-0.2, 0) is 14.3 Å². The number of nitrogens with one attached hydrogen (secondary N) is 1. The molecule has 0 aliphatic carbocycles. The molecule has 34 heavy (non-hydrogen) atoms. The van der Waals surface area contributed by atoms with Crippen molar-refractivity contribution < 1.29 is 24.5 Å². The van der Waals surface area contributed by atoms with Crippen LogP contribution in [0.5, 0.6) is 0 Å². The van der Waals surface area contributed by atoms with E-state index >= 15 is 0 Å². The number of hydrogen-bond acceptors (Lipinski definition) is 8. The van der Waals surface area contributed by atoms with Crippen LogP contribution in [0.2, 0.25) is 0 Å². The van der Waals surface area contributed by atoms with Crippen molar-refractivity contribution in [3.63, 3.8) is 0 Å². The number of aliphatic hydroxyl groups excluding tert-OH is 2. The van der Waals surface area contributed by atoms with E-state index in [9.17, 15) is 19.8 Å². The second-order valence-corrected chi connectivity index (χ2v) is 11.8. The van der Waals surface area contributed by atoms with E-state index in [2.05, 4.69) is 10.3 Å². The molecule has 2 aliphatic rings. The number of hydrogen-bond donors (Lipinski definition) is 3. The van der Waals surface area contributed by atoms with E-state index in [-0.39, 0.29) is 24.2 Å². The summed E-state index contributed by atoms with van der Waals surface area (Å²) in [5.41, 5.74) is 0.567. The van der Waals surface area contributed by atoms with E-state index in [1.165, 1.54) is 0 Å². The fourth-order valence-corrected chi connectivity index (χ4v) is 5.49. The Morgan fingerprint density at radius 3 is 2.59 bits per heavy atom. The number of Topliss-reactive ketones (excluding diaryl/α,β-unsaturated/α-hetero) is 1. The monoisotopic (exact) mass is 492 g/mol. The number of cyclic esters (lactones) is 1. The summed E-state index contributed by atoms with van der Waals surface area (Å²) in [7, 11) is 0. The minimum Gasteiger partial charge on any atom is -0.458 e. The topological polar surface area (TPSA) is 119 Å². The number of fused-ring (bicyclic) bond motifs is 1. The Morgan fingerprint density at radius 1 is 1.24 bits per heavy atom. The van der Waals surface area contributed by atoms with Gasteiger partial charge in [-0.25, -0.2) is 4.98 Å². The van der Waals surface area contributed by atoms with E-state index in [0.29, 0.717) is 12.5 Å². The summed E-state index contributed by atoms with van der Waals surface area (Å²) in [6.45, 7) is 10.8. The van der Waals surface area contributed by atoms with Crippen LogP contribution in [0.1, 0.15) is 77.4 Å². The minimum atomic E-state index is -1.21. The lowest BCUT2D eigenvalue weighted by Gasteiger charge is -2.34. The summed E-state index contributed by atoms with van der Waals surface area (Å²) >= 11 is 1.57. The molecule has 3 N–H and O–H groups in total. The molecule has 1 aromatic heterocycles. The molecule has 0 saturated carbocycles. The number of carbonyl (C=O) groups excluding carboxylic acids is 2. The zero-order chi connectivity index (χ0) is 25.2. The Bertz CT molecular complexity index is 911. The lowest BCUT2D eigenvalue weighted by atomic mass is 9.73. The van der Waals surface area contributed by atoms with Gasteiger partial charge in [0, 0.05) is 29.8 Å². The number of ketones is 1. The molecular formula is C26H40N2O5S. The predicted molar refractivity (Wildman–Crippen MR) is 133 cm³/mol. The molecule has 1 aromatic rings. The number of carbonyl (C=O) groups is 2. The number of rotatable bonds is 2. The van der Waals surface area contributed by atoms with Crippen molar-refractivity contribution in [3.8, 4) is 0 Å². The van der Waals surface area contributed by atoms with Crippen molar-refractivity contribution in [1.82, 2.24) is 10.3 Å². The van der Waals surface area contributed by atoms with Gasteiger partial charge in [0.2, 0.25) is 0 Å². The Kier molecular flexibility index (Phi) is 8.71. The molecule has 2 saturated heterocycles. The van der Waals surface area contributed by atoms with Crippen molar-refractivity contribution in [2.45, 2.75) is 104 Å². The van der Waals surface area contributed by atoms with Gasteiger partial charge in [-0.2, -0.15) is 0 Å². The highest BCUT2D eigenvalue weighted by atomic mass is 32.1. The fraction of sp³-hybridized carbons (Fsp3) is 0.731. The van der Waals surface area contributed by atoms with E-state index in [1.54, 1.807) is 32.1 Å². The molecule has 7 nitrogen and oxygen atoms in total. The normalized spacial score (nSPS) is 36.0. The first-order valence-electron chi connectivity index (χ1n) is 12.4. The van der Waals surface area contributed by atoms with Gasteiger partial charge >= 0.3 is 5.97 Å². The van der Waals surface area contributed by atoms with Crippen LogP contribution >= 0.6 is 11.3 Å². The smallest absolute Gasteiger partial charge is 0.309 e. The molecule has 2 aliphatic heterocycles. The van der Waals surface area contributed by atoms with Gasteiger partial charge in [-0.05, 0) is 44.3 Å². The number of aromatic nitrogens is 1. The lowest BCUT2D eigenvalue weighted by Crippen LogP contribution is -2.45. The number of esters is 1. The number of nitrogens with zero attached hydrogens (tertiary/aromatic N) is 1. The van der Waals surface area contributed by atoms with Crippen LogP contribution < -0.4 is 5.32 Å². The maximum absolute atomic E-state index is 13.2. The van der Waals surface area contributed by atoms with Gasteiger partial charge in [-0.15, -0.1) is 11.3 Å².